The van der Waals surface area contributed by atoms with Crippen molar-refractivity contribution < 1.29 is 28.7 Å². The molecule has 0 radical (unpaired) electrons. The normalized spacial score (nSPS) is 15.1. The van der Waals surface area contributed by atoms with Crippen LogP contribution in [0.2, 0.25) is 0 Å². The summed E-state index contributed by atoms with van der Waals surface area (Å²) < 4.78 is 9.96. The number of hydrogen-bond donors (Lipinski definition) is 0. The van der Waals surface area contributed by atoms with E-state index in [9.17, 15) is 19.2 Å². The van der Waals surface area contributed by atoms with Gasteiger partial charge in [-0.25, -0.2) is 9.69 Å². The van der Waals surface area contributed by atoms with Gasteiger partial charge in [0.2, 0.25) is 5.91 Å². The molecule has 1 saturated heterocycles. The van der Waals surface area contributed by atoms with E-state index in [2.05, 4.69) is 0 Å². The molecule has 4 rings (SSSR count). The summed E-state index contributed by atoms with van der Waals surface area (Å²) in [4.78, 5) is 54.3. The molecule has 8 heteroatoms. The van der Waals surface area contributed by atoms with Gasteiger partial charge in [0.1, 0.15) is 11.8 Å². The van der Waals surface area contributed by atoms with Gasteiger partial charge in [0.05, 0.1) is 31.9 Å². The van der Waals surface area contributed by atoms with Gasteiger partial charge in [0.25, 0.3) is 11.8 Å². The lowest BCUT2D eigenvalue weighted by Crippen LogP contribution is -2.46. The van der Waals surface area contributed by atoms with Gasteiger partial charge in [-0.3, -0.25) is 14.4 Å². The highest BCUT2D eigenvalue weighted by Gasteiger charge is 2.44. The molecule has 0 saturated carbocycles. The van der Waals surface area contributed by atoms with E-state index < -0.39 is 23.8 Å². The summed E-state index contributed by atoms with van der Waals surface area (Å²) in [6, 6.07) is 21.4. The average Bonchev–Trinajstić information content (AvgIpc) is 3.22. The van der Waals surface area contributed by atoms with Crippen LogP contribution in [0.3, 0.4) is 0 Å². The molecule has 36 heavy (non-hydrogen) atoms. The monoisotopic (exact) mass is 486 g/mol. The smallest absolute Gasteiger partial charge is 0.337 e. The number of nitrogens with zero attached hydrogens (tertiary/aromatic N) is 2. The molecule has 1 fully saturated rings. The molecule has 3 aromatic carbocycles. The lowest BCUT2D eigenvalue weighted by molar-refractivity contribution is -0.122. The molecule has 0 spiro atoms. The molecule has 0 N–H and O–H groups in total. The zero-order chi connectivity index (χ0) is 25.7. The van der Waals surface area contributed by atoms with Crippen molar-refractivity contribution in [3.63, 3.8) is 0 Å². The number of imide groups is 1. The summed E-state index contributed by atoms with van der Waals surface area (Å²) in [7, 11) is 2.79. The van der Waals surface area contributed by atoms with Crippen molar-refractivity contribution in [3.8, 4) is 5.75 Å². The molecule has 1 aliphatic rings. The van der Waals surface area contributed by atoms with Crippen LogP contribution in [0.25, 0.3) is 0 Å². The van der Waals surface area contributed by atoms with Gasteiger partial charge in [0, 0.05) is 12.1 Å². The number of rotatable bonds is 8. The zero-order valence-corrected chi connectivity index (χ0v) is 20.0. The number of methoxy groups -OCH3 is 2. The molecule has 3 amide bonds. The number of amides is 3. The number of carbonyl (C=O) groups is 4. The first-order chi connectivity index (χ1) is 17.4. The lowest BCUT2D eigenvalue weighted by Gasteiger charge is -2.28. The van der Waals surface area contributed by atoms with Gasteiger partial charge in [-0.05, 0) is 54.4 Å². The Morgan fingerprint density at radius 1 is 0.917 bits per heavy atom. The highest BCUT2D eigenvalue weighted by molar-refractivity contribution is 6.23. The van der Waals surface area contributed by atoms with E-state index in [1.54, 1.807) is 24.3 Å². The summed E-state index contributed by atoms with van der Waals surface area (Å²) in [6.45, 7) is 0.249. The van der Waals surface area contributed by atoms with Crippen molar-refractivity contribution >= 4 is 29.4 Å². The molecular weight excluding hydrogens is 460 g/mol. The Morgan fingerprint density at radius 3 is 2.31 bits per heavy atom. The molecule has 1 aliphatic heterocycles. The maximum atomic E-state index is 13.6. The highest BCUT2D eigenvalue weighted by Crippen LogP contribution is 2.28. The van der Waals surface area contributed by atoms with E-state index >= 15 is 0 Å². The summed E-state index contributed by atoms with van der Waals surface area (Å²) in [5, 5.41) is 0. The summed E-state index contributed by atoms with van der Waals surface area (Å²) >= 11 is 0. The predicted octanol–water partition coefficient (Wildman–Crippen LogP) is 3.50. The van der Waals surface area contributed by atoms with Gasteiger partial charge >= 0.3 is 5.97 Å². The van der Waals surface area contributed by atoms with Gasteiger partial charge in [-0.2, -0.15) is 0 Å². The molecule has 3 aromatic rings. The Labute approximate surface area is 209 Å². The van der Waals surface area contributed by atoms with Crippen molar-refractivity contribution in [2.75, 3.05) is 25.7 Å². The molecular formula is C28H26N2O6. The Kier molecular flexibility index (Phi) is 7.44. The van der Waals surface area contributed by atoms with E-state index in [-0.39, 0.29) is 18.9 Å². The topological polar surface area (TPSA) is 93.2 Å². The highest BCUT2D eigenvalue weighted by atomic mass is 16.5. The fourth-order valence-corrected chi connectivity index (χ4v) is 4.21. The Bertz CT molecular complexity index is 1270. The number of carbonyl (C=O) groups excluding carboxylic acids is 4. The lowest BCUT2D eigenvalue weighted by atomic mass is 10.1. The second-order valence-corrected chi connectivity index (χ2v) is 8.29. The third-order valence-corrected chi connectivity index (χ3v) is 6.11. The van der Waals surface area contributed by atoms with Gasteiger partial charge in [-0.15, -0.1) is 0 Å². The Balaban J connectivity index is 1.62. The number of benzene rings is 3. The van der Waals surface area contributed by atoms with Crippen LogP contribution in [-0.4, -0.2) is 55.4 Å². The quantitative estimate of drug-likeness (QED) is 0.357. The van der Waals surface area contributed by atoms with Crippen molar-refractivity contribution in [1.29, 1.82) is 0 Å². The third-order valence-electron chi connectivity index (χ3n) is 6.11. The third kappa shape index (κ3) is 5.12. The minimum atomic E-state index is -0.958. The summed E-state index contributed by atoms with van der Waals surface area (Å²) in [5.74, 6) is -1.27. The fourth-order valence-electron chi connectivity index (χ4n) is 4.21. The predicted molar refractivity (Wildman–Crippen MR) is 133 cm³/mol. The second kappa shape index (κ2) is 10.9. The Hall–Kier alpha value is -4.46. The van der Waals surface area contributed by atoms with Crippen molar-refractivity contribution in [3.05, 3.63) is 95.6 Å². The second-order valence-electron chi connectivity index (χ2n) is 8.29. The van der Waals surface area contributed by atoms with E-state index in [1.165, 1.54) is 43.4 Å². The van der Waals surface area contributed by atoms with Crippen LogP contribution >= 0.6 is 0 Å². The first kappa shape index (κ1) is 24.7. The van der Waals surface area contributed by atoms with E-state index in [4.69, 9.17) is 9.47 Å². The van der Waals surface area contributed by atoms with Crippen LogP contribution < -0.4 is 9.64 Å². The van der Waals surface area contributed by atoms with Crippen LogP contribution in [-0.2, 0) is 20.7 Å². The minimum absolute atomic E-state index is 0.137. The summed E-state index contributed by atoms with van der Waals surface area (Å²) in [5.41, 5.74) is 2.00. The standard InChI is InChI=1S/C28H26N2O6/c1-35-23-10-6-9-21(17-23)26(32)29(16-15-19-7-4-3-5-8-19)24-18-25(31)30(27(24)33)22-13-11-20(12-14-22)28(34)36-2/h3-14,17,24H,15-16,18H2,1-2H3. The molecule has 1 heterocycles. The molecule has 0 aliphatic carbocycles. The SMILES string of the molecule is COC(=O)c1ccc(N2C(=O)CC(N(CCc3ccccc3)C(=O)c3cccc(OC)c3)C2=O)cc1. The first-order valence-electron chi connectivity index (χ1n) is 11.5. The number of hydrogen-bond acceptors (Lipinski definition) is 6. The van der Waals surface area contributed by atoms with Crippen molar-refractivity contribution in [1.82, 2.24) is 4.90 Å². The van der Waals surface area contributed by atoms with Crippen LogP contribution in [0.1, 0.15) is 32.7 Å². The van der Waals surface area contributed by atoms with Gasteiger partial charge < -0.3 is 14.4 Å². The number of anilines is 1. The minimum Gasteiger partial charge on any atom is -0.497 e. The van der Waals surface area contributed by atoms with Crippen molar-refractivity contribution in [2.24, 2.45) is 0 Å². The van der Waals surface area contributed by atoms with Gasteiger partial charge in [-0.1, -0.05) is 36.4 Å². The summed E-state index contributed by atoms with van der Waals surface area (Å²) in [6.07, 6.45) is 0.379. The van der Waals surface area contributed by atoms with Crippen LogP contribution in [0.15, 0.2) is 78.9 Å². The number of ether oxygens (including phenoxy) is 2. The maximum absolute atomic E-state index is 13.6. The number of esters is 1. The van der Waals surface area contributed by atoms with Gasteiger partial charge in [0.15, 0.2) is 0 Å². The van der Waals surface area contributed by atoms with Crippen LogP contribution in [0, 0.1) is 0 Å². The van der Waals surface area contributed by atoms with Crippen LogP contribution in [0.5, 0.6) is 5.75 Å². The molecule has 8 nitrogen and oxygen atoms in total. The molecule has 0 bridgehead atoms. The fraction of sp³-hybridized carbons (Fsp3) is 0.214. The molecule has 1 unspecified atom stereocenters. The van der Waals surface area contributed by atoms with E-state index in [0.29, 0.717) is 29.0 Å². The molecule has 184 valence electrons. The van der Waals surface area contributed by atoms with Crippen molar-refractivity contribution in [2.45, 2.75) is 18.9 Å². The Morgan fingerprint density at radius 2 is 1.64 bits per heavy atom. The molecule has 0 aromatic heterocycles. The largest absolute Gasteiger partial charge is 0.497 e. The maximum Gasteiger partial charge on any atom is 0.337 e. The zero-order valence-electron chi connectivity index (χ0n) is 20.0. The first-order valence-corrected chi connectivity index (χ1v) is 11.5. The average molecular weight is 487 g/mol. The van der Waals surface area contributed by atoms with E-state index in [0.717, 1.165) is 10.5 Å². The molecule has 1 atom stereocenters. The van der Waals surface area contributed by atoms with Crippen LogP contribution in [0.4, 0.5) is 5.69 Å². The van der Waals surface area contributed by atoms with E-state index in [1.807, 2.05) is 30.3 Å².